The van der Waals surface area contributed by atoms with Crippen LogP contribution in [0.3, 0.4) is 0 Å². The second kappa shape index (κ2) is 10.4. The Hall–Kier alpha value is -2.26. The molecule has 0 unspecified atom stereocenters. The Morgan fingerprint density at radius 3 is 2.39 bits per heavy atom. The highest BCUT2D eigenvalue weighted by Gasteiger charge is 2.38. The van der Waals surface area contributed by atoms with Crippen LogP contribution >= 0.6 is 23.2 Å². The average molecular weight is 568 g/mol. The number of hydrogen-bond acceptors (Lipinski definition) is 3. The van der Waals surface area contributed by atoms with E-state index < -0.39 is 17.7 Å². The van der Waals surface area contributed by atoms with Crippen LogP contribution < -0.4 is 0 Å². The number of rotatable bonds is 6. The van der Waals surface area contributed by atoms with Gasteiger partial charge in [0, 0.05) is 73.9 Å². The van der Waals surface area contributed by atoms with Crippen molar-refractivity contribution in [3.05, 3.63) is 68.3 Å². The molecule has 0 bridgehead atoms. The molecule has 1 N–H and O–H groups in total. The summed E-state index contributed by atoms with van der Waals surface area (Å²) in [5.74, 6) is -0.903. The summed E-state index contributed by atoms with van der Waals surface area (Å²) >= 11 is 13.4. The van der Waals surface area contributed by atoms with Gasteiger partial charge in [0.1, 0.15) is 0 Å². The average Bonchev–Trinajstić information content (AvgIpc) is 3.14. The molecule has 0 radical (unpaired) electrons. The van der Waals surface area contributed by atoms with Gasteiger partial charge in [0.05, 0.1) is 16.5 Å². The number of aromatic nitrogens is 1. The molecule has 2 fully saturated rings. The van der Waals surface area contributed by atoms with Gasteiger partial charge in [-0.15, -0.1) is 0 Å². The van der Waals surface area contributed by atoms with Crippen LogP contribution in [-0.4, -0.2) is 57.7 Å². The summed E-state index contributed by atoms with van der Waals surface area (Å²) in [4.78, 5) is 15.8. The van der Waals surface area contributed by atoms with Crippen LogP contribution in [0, 0.1) is 12.8 Å². The molecule has 1 aliphatic heterocycles. The number of fused-ring (bicyclic) bond motifs is 1. The van der Waals surface area contributed by atoms with Crippen molar-refractivity contribution in [3.63, 3.8) is 0 Å². The van der Waals surface area contributed by atoms with Gasteiger partial charge in [-0.3, -0.25) is 14.6 Å². The molecule has 2 heterocycles. The molecular formula is C28H30Cl2F3N3O2. The van der Waals surface area contributed by atoms with E-state index in [0.717, 1.165) is 61.2 Å². The van der Waals surface area contributed by atoms with Gasteiger partial charge in [0.2, 0.25) is 0 Å². The maximum Gasteiger partial charge on any atom is 0.416 e. The monoisotopic (exact) mass is 567 g/mol. The number of piperazine rings is 1. The number of aryl methyl sites for hydroxylation is 2. The minimum absolute atomic E-state index is 0.207. The van der Waals surface area contributed by atoms with Gasteiger partial charge in [0.25, 0.3) is 0 Å². The standard InChI is InChI=1S/C28H30Cl2F3N3O2/c1-16-9-19(28(31,32)33)12-25-22(16)13-20(34(25)2)14-23-24(29)4-3-17(26(23)30)15-35-5-7-36(8-6-35)21-10-18(11-21)27(37)38/h3-4,9,12-13,18,21H,5-8,10-11,14-15H2,1-2H3,(H,37,38). The van der Waals surface area contributed by atoms with Crippen LogP contribution in [0.5, 0.6) is 0 Å². The third kappa shape index (κ3) is 5.28. The molecule has 0 spiro atoms. The highest BCUT2D eigenvalue weighted by molar-refractivity contribution is 6.36. The van der Waals surface area contributed by atoms with E-state index in [-0.39, 0.29) is 5.92 Å². The lowest BCUT2D eigenvalue weighted by Crippen LogP contribution is -2.54. The zero-order valence-electron chi connectivity index (χ0n) is 21.3. The Bertz CT molecular complexity index is 1370. The van der Waals surface area contributed by atoms with E-state index in [2.05, 4.69) is 9.80 Å². The van der Waals surface area contributed by atoms with Crippen molar-refractivity contribution in [2.24, 2.45) is 13.0 Å². The van der Waals surface area contributed by atoms with Crippen molar-refractivity contribution in [3.8, 4) is 0 Å². The van der Waals surface area contributed by atoms with Crippen LogP contribution in [-0.2, 0) is 31.0 Å². The van der Waals surface area contributed by atoms with Crippen LogP contribution in [0.1, 0.15) is 40.8 Å². The van der Waals surface area contributed by atoms with Gasteiger partial charge in [-0.25, -0.2) is 0 Å². The zero-order chi connectivity index (χ0) is 27.4. The van der Waals surface area contributed by atoms with Crippen LogP contribution in [0.25, 0.3) is 10.9 Å². The van der Waals surface area contributed by atoms with Gasteiger partial charge in [0.15, 0.2) is 0 Å². The molecule has 0 atom stereocenters. The number of halogens is 5. The van der Waals surface area contributed by atoms with E-state index in [0.29, 0.717) is 40.1 Å². The Morgan fingerprint density at radius 1 is 1.08 bits per heavy atom. The highest BCUT2D eigenvalue weighted by atomic mass is 35.5. The fourth-order valence-electron chi connectivity index (χ4n) is 5.72. The summed E-state index contributed by atoms with van der Waals surface area (Å²) < 4.78 is 41.9. The van der Waals surface area contributed by atoms with E-state index >= 15 is 0 Å². The summed E-state index contributed by atoms with van der Waals surface area (Å²) in [5, 5.41) is 11.0. The van der Waals surface area contributed by atoms with E-state index in [9.17, 15) is 18.0 Å². The maximum atomic E-state index is 13.4. The molecule has 1 aromatic heterocycles. The third-order valence-corrected chi connectivity index (χ3v) is 9.02. The lowest BCUT2D eigenvalue weighted by atomic mass is 9.79. The zero-order valence-corrected chi connectivity index (χ0v) is 22.8. The van der Waals surface area contributed by atoms with Gasteiger partial charge in [-0.1, -0.05) is 29.3 Å². The Morgan fingerprint density at radius 2 is 1.76 bits per heavy atom. The second-order valence-electron chi connectivity index (χ2n) is 10.6. The smallest absolute Gasteiger partial charge is 0.416 e. The Labute approximate surface area is 229 Å². The number of carboxylic acids is 1. The minimum Gasteiger partial charge on any atom is -0.481 e. The van der Waals surface area contributed by atoms with Crippen LogP contribution in [0.4, 0.5) is 13.2 Å². The fourth-order valence-corrected chi connectivity index (χ4v) is 6.29. The first-order chi connectivity index (χ1) is 17.9. The molecule has 2 aromatic carbocycles. The quantitative estimate of drug-likeness (QED) is 0.375. The second-order valence-corrected chi connectivity index (χ2v) is 11.4. The maximum absolute atomic E-state index is 13.4. The Balaban J connectivity index is 1.30. The van der Waals surface area contributed by atoms with Crippen molar-refractivity contribution in [1.82, 2.24) is 14.4 Å². The molecule has 5 rings (SSSR count). The van der Waals surface area contributed by atoms with E-state index in [4.69, 9.17) is 28.3 Å². The van der Waals surface area contributed by atoms with Gasteiger partial charge in [-0.05, 0) is 60.7 Å². The van der Waals surface area contributed by atoms with Gasteiger partial charge >= 0.3 is 12.1 Å². The molecule has 204 valence electrons. The molecule has 5 nitrogen and oxygen atoms in total. The first-order valence-corrected chi connectivity index (χ1v) is 13.5. The van der Waals surface area contributed by atoms with Gasteiger partial charge in [-0.2, -0.15) is 13.2 Å². The highest BCUT2D eigenvalue weighted by Crippen LogP contribution is 2.37. The Kier molecular flexibility index (Phi) is 7.46. The third-order valence-electron chi connectivity index (χ3n) is 8.20. The van der Waals surface area contributed by atoms with Crippen LogP contribution in [0.15, 0.2) is 30.3 Å². The lowest BCUT2D eigenvalue weighted by Gasteiger charge is -2.45. The van der Waals surface area contributed by atoms with Crippen molar-refractivity contribution in [1.29, 1.82) is 0 Å². The fraction of sp³-hybridized carbons (Fsp3) is 0.464. The number of aliphatic carboxylic acids is 1. The van der Waals surface area contributed by atoms with E-state index in [1.165, 1.54) is 12.1 Å². The molecule has 1 saturated carbocycles. The topological polar surface area (TPSA) is 48.7 Å². The number of hydrogen-bond donors (Lipinski definition) is 1. The summed E-state index contributed by atoms with van der Waals surface area (Å²) in [7, 11) is 1.77. The van der Waals surface area contributed by atoms with Crippen LogP contribution in [0.2, 0.25) is 10.0 Å². The lowest BCUT2D eigenvalue weighted by molar-refractivity contribution is -0.147. The SMILES string of the molecule is Cc1cc(C(F)(F)F)cc2c1cc(Cc1c(Cl)ccc(CN3CCN(C4CC(C(=O)O)C4)CC3)c1Cl)n2C. The molecule has 38 heavy (non-hydrogen) atoms. The predicted octanol–water partition coefficient (Wildman–Crippen LogP) is 6.38. The number of carbonyl (C=O) groups is 1. The van der Waals surface area contributed by atoms with Crippen molar-refractivity contribution < 1.29 is 23.1 Å². The number of nitrogens with zero attached hydrogens (tertiary/aromatic N) is 3. The molecular weight excluding hydrogens is 538 g/mol. The molecule has 1 saturated heterocycles. The first kappa shape index (κ1) is 27.3. The first-order valence-electron chi connectivity index (χ1n) is 12.7. The number of alkyl halides is 3. The molecule has 1 aliphatic carbocycles. The van der Waals surface area contributed by atoms with Crippen molar-refractivity contribution >= 4 is 40.1 Å². The number of carboxylic acid groups (broad SMARTS) is 1. The largest absolute Gasteiger partial charge is 0.481 e. The molecule has 0 amide bonds. The summed E-state index contributed by atoms with van der Waals surface area (Å²) in [6, 6.07) is 8.42. The summed E-state index contributed by atoms with van der Waals surface area (Å²) in [6.45, 7) is 5.88. The van der Waals surface area contributed by atoms with Crippen molar-refractivity contribution in [2.45, 2.75) is 44.9 Å². The molecule has 10 heteroatoms. The molecule has 2 aliphatic rings. The van der Waals surface area contributed by atoms with E-state index in [1.54, 1.807) is 18.5 Å². The molecule has 3 aromatic rings. The summed E-state index contributed by atoms with van der Waals surface area (Å²) in [6.07, 6.45) is -2.55. The normalized spacial score (nSPS) is 21.1. The van der Waals surface area contributed by atoms with E-state index in [1.807, 2.05) is 18.2 Å². The predicted molar refractivity (Wildman–Crippen MR) is 143 cm³/mol. The van der Waals surface area contributed by atoms with Gasteiger partial charge < -0.3 is 9.67 Å². The van der Waals surface area contributed by atoms with Crippen molar-refractivity contribution in [2.75, 3.05) is 26.2 Å². The number of benzene rings is 2. The summed E-state index contributed by atoms with van der Waals surface area (Å²) in [5.41, 5.74) is 2.99. The minimum atomic E-state index is -4.41.